The molecule has 5 nitrogen and oxygen atoms in total. The first kappa shape index (κ1) is 19.7. The molecule has 1 aliphatic rings. The van der Waals surface area contributed by atoms with Crippen molar-refractivity contribution < 1.29 is 14.6 Å². The molecule has 1 aromatic carbocycles. The standard InChI is InChI=1S/C20H32N2O3/c1-18(2,3)15-6-8-16(9-7-15)19(4,5)10-21-17(24)22-11-20(12-23)13-25-14-20/h6-9,23H,10-14H2,1-5H3,(H2,21,22,24). The predicted octanol–water partition coefficient (Wildman–Crippen LogP) is 2.57. The third-order valence-corrected chi connectivity index (χ3v) is 5.00. The zero-order chi connectivity index (χ0) is 18.7. The van der Waals surface area contributed by atoms with Crippen molar-refractivity contribution >= 4 is 6.03 Å². The summed E-state index contributed by atoms with van der Waals surface area (Å²) in [6.07, 6.45) is 0. The molecule has 1 aliphatic heterocycles. The predicted molar refractivity (Wildman–Crippen MR) is 99.9 cm³/mol. The minimum absolute atomic E-state index is 0.0267. The number of nitrogens with one attached hydrogen (secondary N) is 2. The zero-order valence-electron chi connectivity index (χ0n) is 16.1. The van der Waals surface area contributed by atoms with Gasteiger partial charge in [0.25, 0.3) is 0 Å². The number of carbonyl (C=O) groups is 1. The number of benzene rings is 1. The lowest BCUT2D eigenvalue weighted by atomic mass is 9.81. The highest BCUT2D eigenvalue weighted by Crippen LogP contribution is 2.27. The fraction of sp³-hybridized carbons (Fsp3) is 0.650. The third kappa shape index (κ3) is 4.95. The van der Waals surface area contributed by atoms with Crippen LogP contribution in [0.1, 0.15) is 45.7 Å². The maximum Gasteiger partial charge on any atom is 0.314 e. The second-order valence-corrected chi connectivity index (χ2v) is 8.90. The Balaban J connectivity index is 1.87. The molecule has 0 unspecified atom stereocenters. The highest BCUT2D eigenvalue weighted by molar-refractivity contribution is 5.74. The number of hydrogen-bond acceptors (Lipinski definition) is 3. The van der Waals surface area contributed by atoms with Crippen LogP contribution in [0.25, 0.3) is 0 Å². The van der Waals surface area contributed by atoms with Crippen LogP contribution in [0.3, 0.4) is 0 Å². The van der Waals surface area contributed by atoms with Gasteiger partial charge in [-0.1, -0.05) is 58.9 Å². The van der Waals surface area contributed by atoms with Gasteiger partial charge >= 0.3 is 6.03 Å². The maximum absolute atomic E-state index is 12.1. The largest absolute Gasteiger partial charge is 0.396 e. The molecule has 2 rings (SSSR count). The van der Waals surface area contributed by atoms with Gasteiger partial charge in [-0.05, 0) is 16.5 Å². The molecule has 1 aromatic rings. The van der Waals surface area contributed by atoms with Crippen LogP contribution >= 0.6 is 0 Å². The monoisotopic (exact) mass is 348 g/mol. The van der Waals surface area contributed by atoms with E-state index in [2.05, 4.69) is 69.5 Å². The second-order valence-electron chi connectivity index (χ2n) is 8.90. The molecule has 1 saturated heterocycles. The summed E-state index contributed by atoms with van der Waals surface area (Å²) in [6.45, 7) is 12.8. The minimum Gasteiger partial charge on any atom is -0.396 e. The molecule has 0 bridgehead atoms. The van der Waals surface area contributed by atoms with Gasteiger partial charge in [-0.25, -0.2) is 4.79 Å². The van der Waals surface area contributed by atoms with Crippen molar-refractivity contribution in [2.45, 2.75) is 45.4 Å². The Morgan fingerprint density at radius 3 is 2.08 bits per heavy atom. The van der Waals surface area contributed by atoms with E-state index in [1.807, 2.05) is 0 Å². The highest BCUT2D eigenvalue weighted by Gasteiger charge is 2.38. The molecule has 1 heterocycles. The van der Waals surface area contributed by atoms with Crippen LogP contribution in [0.5, 0.6) is 0 Å². The van der Waals surface area contributed by atoms with E-state index in [-0.39, 0.29) is 28.9 Å². The van der Waals surface area contributed by atoms with Crippen molar-refractivity contribution in [1.29, 1.82) is 0 Å². The van der Waals surface area contributed by atoms with Crippen LogP contribution in [-0.4, -0.2) is 44.0 Å². The number of hydrogen-bond donors (Lipinski definition) is 3. The van der Waals surface area contributed by atoms with Crippen LogP contribution in [0.2, 0.25) is 0 Å². The zero-order valence-corrected chi connectivity index (χ0v) is 16.1. The number of urea groups is 1. The fourth-order valence-electron chi connectivity index (χ4n) is 2.79. The van der Waals surface area contributed by atoms with Crippen molar-refractivity contribution in [1.82, 2.24) is 10.6 Å². The normalized spacial score (nSPS) is 16.9. The van der Waals surface area contributed by atoms with E-state index < -0.39 is 0 Å². The average Bonchev–Trinajstić information content (AvgIpc) is 2.52. The first-order chi connectivity index (χ1) is 11.6. The van der Waals surface area contributed by atoms with Crippen molar-refractivity contribution in [3.05, 3.63) is 35.4 Å². The smallest absolute Gasteiger partial charge is 0.314 e. The molecule has 0 atom stereocenters. The maximum atomic E-state index is 12.1. The van der Waals surface area contributed by atoms with E-state index in [1.165, 1.54) is 11.1 Å². The summed E-state index contributed by atoms with van der Waals surface area (Å²) in [7, 11) is 0. The molecule has 0 spiro atoms. The van der Waals surface area contributed by atoms with E-state index in [4.69, 9.17) is 4.74 Å². The first-order valence-corrected chi connectivity index (χ1v) is 8.89. The van der Waals surface area contributed by atoms with Gasteiger partial charge in [0.2, 0.25) is 0 Å². The number of ether oxygens (including phenoxy) is 1. The summed E-state index contributed by atoms with van der Waals surface area (Å²) in [4.78, 5) is 12.1. The summed E-state index contributed by atoms with van der Waals surface area (Å²) in [5.74, 6) is 0. The topological polar surface area (TPSA) is 70.6 Å². The summed E-state index contributed by atoms with van der Waals surface area (Å²) >= 11 is 0. The Morgan fingerprint density at radius 1 is 1.08 bits per heavy atom. The van der Waals surface area contributed by atoms with Crippen LogP contribution in [0, 0.1) is 5.41 Å². The van der Waals surface area contributed by atoms with Gasteiger partial charge in [0.15, 0.2) is 0 Å². The first-order valence-electron chi connectivity index (χ1n) is 8.89. The summed E-state index contributed by atoms with van der Waals surface area (Å²) in [5.41, 5.74) is 2.15. The van der Waals surface area contributed by atoms with Gasteiger partial charge in [0.1, 0.15) is 0 Å². The number of aliphatic hydroxyl groups excluding tert-OH is 1. The quantitative estimate of drug-likeness (QED) is 0.740. The molecule has 0 saturated carbocycles. The lowest BCUT2D eigenvalue weighted by molar-refractivity contribution is -0.132. The molecule has 5 heteroatoms. The van der Waals surface area contributed by atoms with E-state index in [1.54, 1.807) is 0 Å². The minimum atomic E-state index is -0.310. The van der Waals surface area contributed by atoms with Gasteiger partial charge in [0, 0.05) is 18.5 Å². The van der Waals surface area contributed by atoms with Crippen LogP contribution in [0.15, 0.2) is 24.3 Å². The Morgan fingerprint density at radius 2 is 1.64 bits per heavy atom. The Labute approximate surface area is 151 Å². The van der Waals surface area contributed by atoms with Crippen molar-refractivity contribution in [3.63, 3.8) is 0 Å². The number of carbonyl (C=O) groups excluding carboxylic acids is 1. The summed E-state index contributed by atoms with van der Waals surface area (Å²) in [5, 5.41) is 15.2. The molecule has 2 amide bonds. The summed E-state index contributed by atoms with van der Waals surface area (Å²) < 4.78 is 5.14. The molecule has 25 heavy (non-hydrogen) atoms. The fourth-order valence-corrected chi connectivity index (χ4v) is 2.79. The third-order valence-electron chi connectivity index (χ3n) is 5.00. The van der Waals surface area contributed by atoms with Gasteiger partial charge in [-0.2, -0.15) is 0 Å². The van der Waals surface area contributed by atoms with Gasteiger partial charge in [-0.15, -0.1) is 0 Å². The molecule has 0 radical (unpaired) electrons. The molecular formula is C20H32N2O3. The lowest BCUT2D eigenvalue weighted by Gasteiger charge is -2.39. The Bertz CT molecular complexity index is 578. The molecule has 3 N–H and O–H groups in total. The number of amides is 2. The number of aliphatic hydroxyl groups is 1. The highest BCUT2D eigenvalue weighted by atomic mass is 16.5. The van der Waals surface area contributed by atoms with E-state index in [0.717, 1.165) is 0 Å². The molecule has 0 aromatic heterocycles. The Hall–Kier alpha value is -1.59. The SMILES string of the molecule is CC(C)(C)c1ccc(C(C)(C)CNC(=O)NCC2(CO)COC2)cc1. The molecule has 1 fully saturated rings. The molecule has 140 valence electrons. The van der Waals surface area contributed by atoms with Gasteiger partial charge in [0.05, 0.1) is 25.2 Å². The van der Waals surface area contributed by atoms with E-state index >= 15 is 0 Å². The van der Waals surface area contributed by atoms with Crippen molar-refractivity contribution in [2.75, 3.05) is 32.9 Å². The Kier molecular flexibility index (Phi) is 5.79. The van der Waals surface area contributed by atoms with Crippen LogP contribution in [-0.2, 0) is 15.6 Å². The van der Waals surface area contributed by atoms with Gasteiger partial charge < -0.3 is 20.5 Å². The van der Waals surface area contributed by atoms with E-state index in [0.29, 0.717) is 26.3 Å². The summed E-state index contributed by atoms with van der Waals surface area (Å²) in [6, 6.07) is 8.41. The van der Waals surface area contributed by atoms with Crippen molar-refractivity contribution in [2.24, 2.45) is 5.41 Å². The average molecular weight is 348 g/mol. The van der Waals surface area contributed by atoms with E-state index in [9.17, 15) is 9.90 Å². The molecule has 0 aliphatic carbocycles. The van der Waals surface area contributed by atoms with Gasteiger partial charge in [-0.3, -0.25) is 0 Å². The molecular weight excluding hydrogens is 316 g/mol. The lowest BCUT2D eigenvalue weighted by Crippen LogP contribution is -2.55. The van der Waals surface area contributed by atoms with Crippen LogP contribution < -0.4 is 10.6 Å². The van der Waals surface area contributed by atoms with Crippen LogP contribution in [0.4, 0.5) is 4.79 Å². The van der Waals surface area contributed by atoms with Crippen molar-refractivity contribution in [3.8, 4) is 0 Å². The number of rotatable bonds is 6. The second kappa shape index (κ2) is 7.34.